The Morgan fingerprint density at radius 1 is 1.23 bits per heavy atom. The molecule has 1 heterocycles. The Kier molecular flexibility index (Phi) is 6.54. The summed E-state index contributed by atoms with van der Waals surface area (Å²) in [5.74, 6) is -5.21. The summed E-state index contributed by atoms with van der Waals surface area (Å²) in [6.45, 7) is -1.24. The van der Waals surface area contributed by atoms with E-state index < -0.39 is 54.2 Å². The van der Waals surface area contributed by atoms with Gasteiger partial charge in [-0.2, -0.15) is 5.10 Å². The number of rotatable bonds is 8. The van der Waals surface area contributed by atoms with Crippen molar-refractivity contribution >= 4 is 17.6 Å². The lowest BCUT2D eigenvalue weighted by Crippen LogP contribution is -2.24. The summed E-state index contributed by atoms with van der Waals surface area (Å²) in [6, 6.07) is 1.33. The van der Waals surface area contributed by atoms with E-state index in [1.807, 2.05) is 0 Å². The lowest BCUT2D eigenvalue weighted by molar-refractivity contribution is 0.0688. The van der Waals surface area contributed by atoms with Crippen LogP contribution in [0.2, 0.25) is 5.15 Å². The summed E-state index contributed by atoms with van der Waals surface area (Å²) in [6.07, 6.45) is -2.63. The van der Waals surface area contributed by atoms with Crippen LogP contribution in [0.4, 0.5) is 22.0 Å². The van der Waals surface area contributed by atoms with Crippen LogP contribution in [-0.2, 0) is 13.0 Å². The van der Waals surface area contributed by atoms with Crippen LogP contribution >= 0.6 is 11.6 Å². The fourth-order valence-corrected chi connectivity index (χ4v) is 2.55. The predicted molar refractivity (Wildman–Crippen MR) is 82.2 cm³/mol. The van der Waals surface area contributed by atoms with Crippen LogP contribution in [0.3, 0.4) is 0 Å². The molecule has 2 aromatic rings. The van der Waals surface area contributed by atoms with Gasteiger partial charge in [-0.3, -0.25) is 0 Å². The molecule has 0 bridgehead atoms. The Bertz CT molecular complexity index is 813. The van der Waals surface area contributed by atoms with Crippen LogP contribution in [0, 0.1) is 17.5 Å². The minimum absolute atomic E-state index is 0.0122. The third kappa shape index (κ3) is 4.50. The van der Waals surface area contributed by atoms with Crippen LogP contribution < -0.4 is 5.32 Å². The first-order chi connectivity index (χ1) is 12.2. The molecule has 0 aliphatic heterocycles. The van der Waals surface area contributed by atoms with Crippen molar-refractivity contribution < 1.29 is 31.9 Å². The van der Waals surface area contributed by atoms with Crippen molar-refractivity contribution in [3.05, 3.63) is 51.6 Å². The highest BCUT2D eigenvalue weighted by Gasteiger charge is 2.23. The molecule has 1 aromatic carbocycles. The van der Waals surface area contributed by atoms with Gasteiger partial charge in [0.25, 0.3) is 6.43 Å². The summed E-state index contributed by atoms with van der Waals surface area (Å²) in [5.41, 5.74) is -1.14. The number of hydrogen-bond donors (Lipinski definition) is 2. The maximum absolute atomic E-state index is 13.8. The molecule has 0 saturated heterocycles. The van der Waals surface area contributed by atoms with E-state index in [2.05, 4.69) is 10.4 Å². The Hall–Kier alpha value is -2.20. The standard InChI is InChI=1S/C15H13ClF5N3O2/c16-14-7(3-4-22-5-11(19)20)13(15(25)26)23-24(14)6-8-9(17)1-2-10(18)12(8)21/h1-2,11,22H,3-6H2,(H,25,26). The molecule has 5 nitrogen and oxygen atoms in total. The van der Waals surface area contributed by atoms with Crippen molar-refractivity contribution in [2.75, 3.05) is 13.1 Å². The third-order valence-electron chi connectivity index (χ3n) is 3.48. The quantitative estimate of drug-likeness (QED) is 0.408. The van der Waals surface area contributed by atoms with Crippen molar-refractivity contribution in [3.8, 4) is 0 Å². The van der Waals surface area contributed by atoms with E-state index >= 15 is 0 Å². The van der Waals surface area contributed by atoms with Crippen LogP contribution in [0.1, 0.15) is 21.6 Å². The maximum Gasteiger partial charge on any atom is 0.356 e. The van der Waals surface area contributed by atoms with E-state index in [-0.39, 0.29) is 23.7 Å². The highest BCUT2D eigenvalue weighted by Crippen LogP contribution is 2.24. The van der Waals surface area contributed by atoms with Crippen LogP contribution in [-0.4, -0.2) is 40.4 Å². The van der Waals surface area contributed by atoms with E-state index in [1.54, 1.807) is 0 Å². The second kappa shape index (κ2) is 8.45. The SMILES string of the molecule is O=C(O)c1nn(Cc2c(F)ccc(F)c2F)c(Cl)c1CCNCC(F)F. The molecule has 0 amide bonds. The van der Waals surface area contributed by atoms with Gasteiger partial charge in [-0.05, 0) is 25.1 Å². The van der Waals surface area contributed by atoms with Gasteiger partial charge in [0.15, 0.2) is 17.3 Å². The van der Waals surface area contributed by atoms with Gasteiger partial charge in [0.1, 0.15) is 11.0 Å². The van der Waals surface area contributed by atoms with Gasteiger partial charge in [-0.25, -0.2) is 31.4 Å². The Morgan fingerprint density at radius 3 is 2.50 bits per heavy atom. The van der Waals surface area contributed by atoms with Crippen molar-refractivity contribution in [1.29, 1.82) is 0 Å². The highest BCUT2D eigenvalue weighted by atomic mass is 35.5. The molecular formula is C15H13ClF5N3O2. The van der Waals surface area contributed by atoms with E-state index in [0.29, 0.717) is 6.07 Å². The molecule has 0 atom stereocenters. The fraction of sp³-hybridized carbons (Fsp3) is 0.333. The summed E-state index contributed by atoms with van der Waals surface area (Å²) in [5, 5.41) is 15.0. The molecule has 11 heteroatoms. The van der Waals surface area contributed by atoms with Gasteiger partial charge in [0.2, 0.25) is 0 Å². The third-order valence-corrected chi connectivity index (χ3v) is 3.91. The Morgan fingerprint density at radius 2 is 1.88 bits per heavy atom. The molecule has 0 fully saturated rings. The molecule has 0 radical (unpaired) electrons. The molecule has 0 aliphatic rings. The van der Waals surface area contributed by atoms with Gasteiger partial charge >= 0.3 is 5.97 Å². The number of alkyl halides is 2. The molecule has 26 heavy (non-hydrogen) atoms. The Balaban J connectivity index is 2.29. The molecular weight excluding hydrogens is 385 g/mol. The monoisotopic (exact) mass is 397 g/mol. The summed E-state index contributed by atoms with van der Waals surface area (Å²) in [7, 11) is 0. The zero-order valence-electron chi connectivity index (χ0n) is 13.1. The van der Waals surface area contributed by atoms with Crippen LogP contribution in [0.5, 0.6) is 0 Å². The first-order valence-corrected chi connectivity index (χ1v) is 7.69. The van der Waals surface area contributed by atoms with E-state index in [4.69, 9.17) is 11.6 Å². The first kappa shape index (κ1) is 20.1. The number of halogens is 6. The summed E-state index contributed by atoms with van der Waals surface area (Å²) in [4.78, 5) is 11.3. The summed E-state index contributed by atoms with van der Waals surface area (Å²) >= 11 is 6.03. The average Bonchev–Trinajstić information content (AvgIpc) is 2.88. The highest BCUT2D eigenvalue weighted by molar-refractivity contribution is 6.30. The molecule has 0 aliphatic carbocycles. The molecule has 2 rings (SSSR count). The summed E-state index contributed by atoms with van der Waals surface area (Å²) < 4.78 is 65.8. The number of carboxylic acids is 1. The zero-order chi connectivity index (χ0) is 19.4. The van der Waals surface area contributed by atoms with E-state index in [0.717, 1.165) is 10.7 Å². The van der Waals surface area contributed by atoms with Crippen LogP contribution in [0.15, 0.2) is 12.1 Å². The average molecular weight is 398 g/mol. The van der Waals surface area contributed by atoms with Crippen molar-refractivity contribution in [2.45, 2.75) is 19.4 Å². The van der Waals surface area contributed by atoms with Crippen molar-refractivity contribution in [2.24, 2.45) is 0 Å². The predicted octanol–water partition coefficient (Wildman–Crippen LogP) is 3.10. The Labute approximate surface area is 149 Å². The largest absolute Gasteiger partial charge is 0.476 e. The van der Waals surface area contributed by atoms with Crippen LogP contribution in [0.25, 0.3) is 0 Å². The van der Waals surface area contributed by atoms with Gasteiger partial charge in [0.05, 0.1) is 13.1 Å². The van der Waals surface area contributed by atoms with E-state index in [9.17, 15) is 31.9 Å². The molecule has 142 valence electrons. The number of nitrogens with one attached hydrogen (secondary N) is 1. The smallest absolute Gasteiger partial charge is 0.356 e. The second-order valence-electron chi connectivity index (χ2n) is 5.25. The zero-order valence-corrected chi connectivity index (χ0v) is 13.8. The molecule has 1 aromatic heterocycles. The van der Waals surface area contributed by atoms with Gasteiger partial charge in [-0.1, -0.05) is 11.6 Å². The minimum atomic E-state index is -2.58. The number of carbonyl (C=O) groups is 1. The lowest BCUT2D eigenvalue weighted by Gasteiger charge is -2.07. The van der Waals surface area contributed by atoms with Gasteiger partial charge in [0, 0.05) is 11.1 Å². The number of carboxylic acid groups (broad SMARTS) is 1. The molecule has 0 unspecified atom stereocenters. The number of hydrogen-bond acceptors (Lipinski definition) is 3. The number of nitrogens with zero attached hydrogens (tertiary/aromatic N) is 2. The number of aromatic nitrogens is 2. The lowest BCUT2D eigenvalue weighted by atomic mass is 10.1. The number of benzene rings is 1. The fourth-order valence-electron chi connectivity index (χ4n) is 2.26. The van der Waals surface area contributed by atoms with Gasteiger partial charge < -0.3 is 10.4 Å². The van der Waals surface area contributed by atoms with E-state index in [1.165, 1.54) is 0 Å². The first-order valence-electron chi connectivity index (χ1n) is 7.32. The van der Waals surface area contributed by atoms with Gasteiger partial charge in [-0.15, -0.1) is 0 Å². The number of aromatic carboxylic acids is 1. The maximum atomic E-state index is 13.8. The van der Waals surface area contributed by atoms with Crippen molar-refractivity contribution in [3.63, 3.8) is 0 Å². The normalized spacial score (nSPS) is 11.3. The topological polar surface area (TPSA) is 67.1 Å². The molecule has 0 saturated carbocycles. The second-order valence-corrected chi connectivity index (χ2v) is 5.61. The molecule has 2 N–H and O–H groups in total. The molecule has 0 spiro atoms. The van der Waals surface area contributed by atoms with Crippen molar-refractivity contribution in [1.82, 2.24) is 15.1 Å². The minimum Gasteiger partial charge on any atom is -0.476 e.